The molecule has 10 nitrogen and oxygen atoms in total. The molecule has 0 saturated carbocycles. The maximum Gasteiger partial charge on any atom is 0.228 e. The first-order chi connectivity index (χ1) is 15.3. The van der Waals surface area contributed by atoms with E-state index in [1.165, 1.54) is 0 Å². The highest BCUT2D eigenvalue weighted by Crippen LogP contribution is 2.39. The molecule has 5 heterocycles. The molecule has 0 aliphatic carbocycles. The second-order valence-electron chi connectivity index (χ2n) is 7.61. The number of aromatic amines is 1. The lowest BCUT2D eigenvalue weighted by atomic mass is 10.1. The molecule has 0 amide bonds. The first kappa shape index (κ1) is 18.0. The number of H-pyrrole nitrogens is 1. The van der Waals surface area contributed by atoms with Gasteiger partial charge in [-0.15, -0.1) is 0 Å². The van der Waals surface area contributed by atoms with Gasteiger partial charge in [-0.3, -0.25) is 0 Å². The Morgan fingerprint density at radius 3 is 2.68 bits per heavy atom. The van der Waals surface area contributed by atoms with Crippen molar-refractivity contribution in [1.29, 1.82) is 0 Å². The number of rotatable bonds is 3. The van der Waals surface area contributed by atoms with Gasteiger partial charge in [0.1, 0.15) is 5.82 Å². The number of fused-ring (bicyclic) bond motifs is 2. The van der Waals surface area contributed by atoms with E-state index in [0.717, 1.165) is 65.4 Å². The summed E-state index contributed by atoms with van der Waals surface area (Å²) < 4.78 is 5.51. The summed E-state index contributed by atoms with van der Waals surface area (Å²) in [7, 11) is 0. The SMILES string of the molecule is Nc1ncc(-c2nc(N3CCOCC3)nc3c2CCN3c2ccc3nc[nH]c3c2)cn1. The minimum absolute atomic E-state index is 0.248. The third-order valence-corrected chi connectivity index (χ3v) is 5.77. The average Bonchev–Trinajstić information content (AvgIpc) is 3.46. The van der Waals surface area contributed by atoms with Gasteiger partial charge in [-0.2, -0.15) is 4.98 Å². The molecule has 1 fully saturated rings. The molecule has 0 spiro atoms. The molecule has 1 saturated heterocycles. The number of benzene rings is 1. The summed E-state index contributed by atoms with van der Waals surface area (Å²) in [6.45, 7) is 3.67. The fraction of sp³-hybridized carbons (Fsp3) is 0.286. The predicted molar refractivity (Wildman–Crippen MR) is 117 cm³/mol. The van der Waals surface area contributed by atoms with Gasteiger partial charge in [-0.25, -0.2) is 19.9 Å². The highest BCUT2D eigenvalue weighted by Gasteiger charge is 2.29. The molecule has 0 bridgehead atoms. The van der Waals surface area contributed by atoms with Gasteiger partial charge in [-0.05, 0) is 24.6 Å². The van der Waals surface area contributed by atoms with Gasteiger partial charge in [0.2, 0.25) is 11.9 Å². The van der Waals surface area contributed by atoms with E-state index in [1.54, 1.807) is 18.7 Å². The number of aromatic nitrogens is 6. The molecule has 6 rings (SSSR count). The highest BCUT2D eigenvalue weighted by atomic mass is 16.5. The number of nitrogens with two attached hydrogens (primary N) is 1. The van der Waals surface area contributed by atoms with E-state index in [-0.39, 0.29) is 5.95 Å². The summed E-state index contributed by atoms with van der Waals surface area (Å²) in [6, 6.07) is 6.22. The van der Waals surface area contributed by atoms with Gasteiger partial charge in [-0.1, -0.05) is 0 Å². The van der Waals surface area contributed by atoms with Crippen LogP contribution in [0.25, 0.3) is 22.3 Å². The number of ether oxygens (including phenoxy) is 1. The maximum absolute atomic E-state index is 5.71. The molecule has 3 aromatic heterocycles. The van der Waals surface area contributed by atoms with Gasteiger partial charge in [0, 0.05) is 48.8 Å². The molecule has 2 aliphatic rings. The van der Waals surface area contributed by atoms with E-state index in [0.29, 0.717) is 19.2 Å². The van der Waals surface area contributed by atoms with Crippen molar-refractivity contribution in [3.8, 4) is 11.3 Å². The largest absolute Gasteiger partial charge is 0.378 e. The number of imidazole rings is 1. The molecular weight excluding hydrogens is 394 g/mol. The van der Waals surface area contributed by atoms with Crippen LogP contribution in [0.3, 0.4) is 0 Å². The van der Waals surface area contributed by atoms with Crippen LogP contribution in [0.5, 0.6) is 0 Å². The van der Waals surface area contributed by atoms with Crippen molar-refractivity contribution in [2.75, 3.05) is 48.4 Å². The van der Waals surface area contributed by atoms with E-state index in [9.17, 15) is 0 Å². The van der Waals surface area contributed by atoms with Crippen LogP contribution in [0, 0.1) is 0 Å². The van der Waals surface area contributed by atoms with Crippen molar-refractivity contribution in [3.63, 3.8) is 0 Å². The Morgan fingerprint density at radius 1 is 1.00 bits per heavy atom. The zero-order valence-electron chi connectivity index (χ0n) is 16.8. The van der Waals surface area contributed by atoms with E-state index in [1.807, 2.05) is 6.07 Å². The highest BCUT2D eigenvalue weighted by molar-refractivity contribution is 5.83. The topological polar surface area (TPSA) is 122 Å². The summed E-state index contributed by atoms with van der Waals surface area (Å²) in [5, 5.41) is 0. The molecule has 1 aromatic carbocycles. The van der Waals surface area contributed by atoms with E-state index < -0.39 is 0 Å². The zero-order valence-corrected chi connectivity index (χ0v) is 16.8. The molecule has 3 N–H and O–H groups in total. The van der Waals surface area contributed by atoms with Crippen molar-refractivity contribution in [3.05, 3.63) is 42.5 Å². The Hall–Kier alpha value is -3.79. The van der Waals surface area contributed by atoms with Crippen LogP contribution >= 0.6 is 0 Å². The van der Waals surface area contributed by atoms with Gasteiger partial charge in [0.25, 0.3) is 0 Å². The Labute approximate surface area is 178 Å². The Balaban J connectivity index is 1.49. The van der Waals surface area contributed by atoms with Crippen LogP contribution in [0.2, 0.25) is 0 Å². The van der Waals surface area contributed by atoms with Crippen molar-refractivity contribution < 1.29 is 4.74 Å². The molecule has 4 aromatic rings. The number of hydrogen-bond donors (Lipinski definition) is 2. The maximum atomic E-state index is 5.71. The number of nitrogens with one attached hydrogen (secondary N) is 1. The number of nitrogen functional groups attached to an aromatic ring is 1. The summed E-state index contributed by atoms with van der Waals surface area (Å²) in [4.78, 5) is 30.2. The lowest BCUT2D eigenvalue weighted by Crippen LogP contribution is -2.37. The van der Waals surface area contributed by atoms with Gasteiger partial charge in [0.15, 0.2) is 0 Å². The minimum Gasteiger partial charge on any atom is -0.378 e. The number of anilines is 4. The van der Waals surface area contributed by atoms with Crippen molar-refractivity contribution in [2.45, 2.75) is 6.42 Å². The smallest absolute Gasteiger partial charge is 0.228 e. The van der Waals surface area contributed by atoms with E-state index in [2.05, 4.69) is 41.9 Å². The fourth-order valence-corrected chi connectivity index (χ4v) is 4.19. The molecule has 0 radical (unpaired) electrons. The lowest BCUT2D eigenvalue weighted by Gasteiger charge is -2.28. The molecule has 31 heavy (non-hydrogen) atoms. The van der Waals surface area contributed by atoms with Crippen LogP contribution in [-0.4, -0.2) is 62.8 Å². The standard InChI is InChI=1S/C21H21N9O/c22-20-23-10-13(11-24-20)18-15-3-4-30(14-1-2-16-17(9-14)26-12-25-16)19(15)28-21(27-18)29-5-7-31-8-6-29/h1-2,9-12H,3-8H2,(H,25,26)(H2,22,23,24). The number of morpholine rings is 1. The van der Waals surface area contributed by atoms with E-state index in [4.69, 9.17) is 20.4 Å². The van der Waals surface area contributed by atoms with E-state index >= 15 is 0 Å². The van der Waals surface area contributed by atoms with Gasteiger partial charge < -0.3 is 25.3 Å². The van der Waals surface area contributed by atoms with Gasteiger partial charge in [0.05, 0.1) is 36.3 Å². The van der Waals surface area contributed by atoms with Crippen LogP contribution < -0.4 is 15.5 Å². The van der Waals surface area contributed by atoms with Crippen molar-refractivity contribution in [2.24, 2.45) is 0 Å². The molecular formula is C21H21N9O. The summed E-state index contributed by atoms with van der Waals surface area (Å²) in [6.07, 6.45) is 6.00. The summed E-state index contributed by atoms with van der Waals surface area (Å²) in [5.41, 5.74) is 11.5. The summed E-state index contributed by atoms with van der Waals surface area (Å²) >= 11 is 0. The lowest BCUT2D eigenvalue weighted by molar-refractivity contribution is 0.122. The molecule has 10 heteroatoms. The third kappa shape index (κ3) is 3.12. The van der Waals surface area contributed by atoms with Crippen LogP contribution in [0.1, 0.15) is 5.56 Å². The van der Waals surface area contributed by atoms with Crippen molar-refractivity contribution >= 4 is 34.4 Å². The van der Waals surface area contributed by atoms with Gasteiger partial charge >= 0.3 is 0 Å². The molecule has 0 unspecified atom stereocenters. The third-order valence-electron chi connectivity index (χ3n) is 5.77. The predicted octanol–water partition coefficient (Wildman–Crippen LogP) is 1.92. The molecule has 156 valence electrons. The monoisotopic (exact) mass is 415 g/mol. The fourth-order valence-electron chi connectivity index (χ4n) is 4.19. The zero-order chi connectivity index (χ0) is 20.8. The van der Waals surface area contributed by atoms with Crippen LogP contribution in [0.15, 0.2) is 36.9 Å². The minimum atomic E-state index is 0.248. The Bertz CT molecular complexity index is 1250. The van der Waals surface area contributed by atoms with Crippen LogP contribution in [0.4, 0.5) is 23.4 Å². The Kier molecular flexibility index (Phi) is 4.17. The molecule has 0 atom stereocenters. The quantitative estimate of drug-likeness (QED) is 0.517. The number of hydrogen-bond acceptors (Lipinski definition) is 9. The average molecular weight is 415 g/mol. The summed E-state index contributed by atoms with van der Waals surface area (Å²) in [5.74, 6) is 1.86. The number of nitrogens with zero attached hydrogens (tertiary/aromatic N) is 7. The van der Waals surface area contributed by atoms with Crippen molar-refractivity contribution in [1.82, 2.24) is 29.9 Å². The second-order valence-corrected chi connectivity index (χ2v) is 7.61. The van der Waals surface area contributed by atoms with Crippen LogP contribution in [-0.2, 0) is 11.2 Å². The molecule has 2 aliphatic heterocycles. The Morgan fingerprint density at radius 2 is 1.84 bits per heavy atom. The first-order valence-electron chi connectivity index (χ1n) is 10.3. The second kappa shape index (κ2) is 7.17. The first-order valence-corrected chi connectivity index (χ1v) is 10.3. The normalized spacial score (nSPS) is 16.1.